The van der Waals surface area contributed by atoms with E-state index in [1.54, 1.807) is 12.1 Å². The fourth-order valence-corrected chi connectivity index (χ4v) is 3.70. The lowest BCUT2D eigenvalue weighted by atomic mass is 9.95. The Balaban J connectivity index is 1.84. The first kappa shape index (κ1) is 24.0. The highest BCUT2D eigenvalue weighted by molar-refractivity contribution is 5.69. The Morgan fingerprint density at radius 2 is 1.94 bits per heavy atom. The summed E-state index contributed by atoms with van der Waals surface area (Å²) in [5.41, 5.74) is 4.23. The first-order chi connectivity index (χ1) is 16.0. The molecular weight excluding hydrogens is 418 g/mol. The molecule has 7 heteroatoms. The Hall–Kier alpha value is -3.66. The maximum atomic E-state index is 11.6. The van der Waals surface area contributed by atoms with Crippen molar-refractivity contribution >= 4 is 5.97 Å². The summed E-state index contributed by atoms with van der Waals surface area (Å²) in [6.45, 7) is 8.12. The van der Waals surface area contributed by atoms with E-state index >= 15 is 0 Å². The molecule has 0 atom stereocenters. The summed E-state index contributed by atoms with van der Waals surface area (Å²) in [7, 11) is 0. The normalized spacial score (nSPS) is 10.8. The summed E-state index contributed by atoms with van der Waals surface area (Å²) < 4.78 is 16.7. The van der Waals surface area contributed by atoms with Gasteiger partial charge in [0, 0.05) is 17.5 Å². The third-order valence-corrected chi connectivity index (χ3v) is 5.12. The van der Waals surface area contributed by atoms with Crippen molar-refractivity contribution < 1.29 is 18.7 Å². The summed E-state index contributed by atoms with van der Waals surface area (Å²) in [6.07, 6.45) is 2.63. The van der Waals surface area contributed by atoms with E-state index in [9.17, 15) is 10.1 Å². The van der Waals surface area contributed by atoms with Crippen LogP contribution in [0.15, 0.2) is 40.8 Å². The molecule has 7 nitrogen and oxygen atoms in total. The number of nitriles is 1. The summed E-state index contributed by atoms with van der Waals surface area (Å²) in [5, 5.41) is 18.0. The lowest BCUT2D eigenvalue weighted by Gasteiger charge is -2.11. The molecule has 0 fully saturated rings. The number of aromatic nitrogens is 2. The zero-order chi connectivity index (χ0) is 23.8. The summed E-state index contributed by atoms with van der Waals surface area (Å²) in [6, 6.07) is 13.4. The van der Waals surface area contributed by atoms with Gasteiger partial charge in [-0.2, -0.15) is 5.26 Å². The van der Waals surface area contributed by atoms with Gasteiger partial charge in [-0.3, -0.25) is 4.79 Å². The van der Waals surface area contributed by atoms with Gasteiger partial charge in [-0.1, -0.05) is 19.1 Å². The molecule has 0 spiro atoms. The molecule has 0 N–H and O–H groups in total. The van der Waals surface area contributed by atoms with Gasteiger partial charge in [-0.25, -0.2) is 0 Å². The topological polar surface area (TPSA) is 98.2 Å². The fraction of sp³-hybridized carbons (Fsp3) is 0.385. The molecule has 1 heterocycles. The van der Waals surface area contributed by atoms with Gasteiger partial charge in [0.2, 0.25) is 11.8 Å². The number of aryl methyl sites for hydroxylation is 1. The molecule has 0 radical (unpaired) electrons. The van der Waals surface area contributed by atoms with E-state index in [1.807, 2.05) is 39.0 Å². The lowest BCUT2D eigenvalue weighted by molar-refractivity contribution is -0.143. The quantitative estimate of drug-likeness (QED) is 0.378. The molecule has 0 aliphatic carbocycles. The monoisotopic (exact) mass is 447 g/mol. The molecule has 172 valence electrons. The molecule has 0 amide bonds. The predicted octanol–water partition coefficient (Wildman–Crippen LogP) is 5.51. The average molecular weight is 448 g/mol. The molecule has 1 aromatic heterocycles. The molecule has 0 aliphatic heterocycles. The molecule has 0 aliphatic rings. The third kappa shape index (κ3) is 5.98. The third-order valence-electron chi connectivity index (χ3n) is 5.12. The van der Waals surface area contributed by atoms with Crippen LogP contribution in [0.25, 0.3) is 22.9 Å². The van der Waals surface area contributed by atoms with Gasteiger partial charge in [0.25, 0.3) is 0 Å². The zero-order valence-electron chi connectivity index (χ0n) is 19.6. The molecule has 3 aromatic rings. The van der Waals surface area contributed by atoms with Crippen LogP contribution in [0.4, 0.5) is 0 Å². The highest BCUT2D eigenvalue weighted by Gasteiger charge is 2.17. The van der Waals surface area contributed by atoms with Crippen molar-refractivity contribution in [2.75, 3.05) is 6.61 Å². The molecule has 33 heavy (non-hydrogen) atoms. The van der Waals surface area contributed by atoms with Crippen molar-refractivity contribution in [3.05, 3.63) is 53.1 Å². The summed E-state index contributed by atoms with van der Waals surface area (Å²) in [4.78, 5) is 11.6. The minimum absolute atomic E-state index is 0.0324. The number of ether oxygens (including phenoxy) is 2. The molecular formula is C26H29N3O4. The van der Waals surface area contributed by atoms with Gasteiger partial charge in [0.15, 0.2) is 0 Å². The van der Waals surface area contributed by atoms with E-state index in [0.29, 0.717) is 48.1 Å². The maximum absolute atomic E-state index is 11.6. The van der Waals surface area contributed by atoms with Crippen LogP contribution < -0.4 is 4.74 Å². The Labute approximate surface area is 194 Å². The Morgan fingerprint density at radius 1 is 1.15 bits per heavy atom. The fourth-order valence-electron chi connectivity index (χ4n) is 3.70. The Morgan fingerprint density at radius 3 is 2.64 bits per heavy atom. The van der Waals surface area contributed by atoms with Crippen LogP contribution >= 0.6 is 0 Å². The molecule has 0 bridgehead atoms. The maximum Gasteiger partial charge on any atom is 0.305 e. The second kappa shape index (κ2) is 11.3. The summed E-state index contributed by atoms with van der Waals surface area (Å²) in [5.74, 6) is 1.12. The number of benzene rings is 2. The highest BCUT2D eigenvalue weighted by Crippen LogP contribution is 2.31. The largest absolute Gasteiger partial charge is 0.490 e. The van der Waals surface area contributed by atoms with E-state index in [-0.39, 0.29) is 12.1 Å². The molecule has 0 saturated heterocycles. The SMILES string of the molecule is CCOC(=O)CCCc1cccc(-c2nnc(-c3ccc(OC(C)C)c(C#N)c3)o2)c1CC. The van der Waals surface area contributed by atoms with E-state index in [0.717, 1.165) is 29.5 Å². The van der Waals surface area contributed by atoms with Crippen molar-refractivity contribution in [2.24, 2.45) is 0 Å². The number of carbonyl (C=O) groups excluding carboxylic acids is 1. The van der Waals surface area contributed by atoms with Gasteiger partial charge in [0.05, 0.1) is 18.3 Å². The molecule has 3 rings (SSSR count). The lowest BCUT2D eigenvalue weighted by Crippen LogP contribution is -2.06. The number of rotatable bonds is 10. The Kier molecular flexibility index (Phi) is 8.20. The Bertz CT molecular complexity index is 1140. The second-order valence-electron chi connectivity index (χ2n) is 7.86. The first-order valence-electron chi connectivity index (χ1n) is 11.3. The van der Waals surface area contributed by atoms with Crippen LogP contribution in [0.2, 0.25) is 0 Å². The van der Waals surface area contributed by atoms with E-state index < -0.39 is 0 Å². The number of nitrogens with zero attached hydrogens (tertiary/aromatic N) is 3. The van der Waals surface area contributed by atoms with Crippen molar-refractivity contribution in [1.29, 1.82) is 5.26 Å². The smallest absolute Gasteiger partial charge is 0.305 e. The van der Waals surface area contributed by atoms with E-state index in [2.05, 4.69) is 29.3 Å². The number of esters is 1. The van der Waals surface area contributed by atoms with E-state index in [4.69, 9.17) is 13.9 Å². The minimum Gasteiger partial charge on any atom is -0.490 e. The molecule has 2 aromatic carbocycles. The highest BCUT2D eigenvalue weighted by atomic mass is 16.5. The van der Waals surface area contributed by atoms with Crippen LogP contribution in [0, 0.1) is 11.3 Å². The number of hydrogen-bond donors (Lipinski definition) is 0. The van der Waals surface area contributed by atoms with Gasteiger partial charge in [-0.15, -0.1) is 10.2 Å². The van der Waals surface area contributed by atoms with Gasteiger partial charge >= 0.3 is 5.97 Å². The first-order valence-corrected chi connectivity index (χ1v) is 11.3. The van der Waals surface area contributed by atoms with Crippen LogP contribution in [-0.4, -0.2) is 28.9 Å². The van der Waals surface area contributed by atoms with E-state index in [1.165, 1.54) is 0 Å². The van der Waals surface area contributed by atoms with Crippen molar-refractivity contribution in [1.82, 2.24) is 10.2 Å². The minimum atomic E-state index is -0.171. The van der Waals surface area contributed by atoms with Crippen molar-refractivity contribution in [2.45, 2.75) is 59.5 Å². The second-order valence-corrected chi connectivity index (χ2v) is 7.86. The summed E-state index contributed by atoms with van der Waals surface area (Å²) >= 11 is 0. The van der Waals surface area contributed by atoms with Crippen molar-refractivity contribution in [3.8, 4) is 34.7 Å². The predicted molar refractivity (Wildman–Crippen MR) is 125 cm³/mol. The van der Waals surface area contributed by atoms with Gasteiger partial charge in [-0.05, 0) is 75.4 Å². The van der Waals surface area contributed by atoms with Crippen LogP contribution in [0.3, 0.4) is 0 Å². The average Bonchev–Trinajstić information content (AvgIpc) is 3.29. The van der Waals surface area contributed by atoms with Crippen LogP contribution in [0.5, 0.6) is 5.75 Å². The van der Waals surface area contributed by atoms with Gasteiger partial charge in [0.1, 0.15) is 11.8 Å². The van der Waals surface area contributed by atoms with Crippen molar-refractivity contribution in [3.63, 3.8) is 0 Å². The molecule has 0 unspecified atom stereocenters. The van der Waals surface area contributed by atoms with Crippen LogP contribution in [0.1, 0.15) is 57.2 Å². The zero-order valence-corrected chi connectivity index (χ0v) is 19.6. The molecule has 0 saturated carbocycles. The number of carbonyl (C=O) groups is 1. The standard InChI is InChI=1S/C26H29N3O4/c1-5-21-18(10-8-12-24(30)31-6-2)9-7-11-22(21)26-29-28-25(33-26)19-13-14-23(32-17(3)4)20(15-19)16-27/h7,9,11,13-15,17H,5-6,8,10,12H2,1-4H3. The number of hydrogen-bond acceptors (Lipinski definition) is 7. The van der Waals surface area contributed by atoms with Gasteiger partial charge < -0.3 is 13.9 Å². The van der Waals surface area contributed by atoms with Crippen LogP contribution in [-0.2, 0) is 22.4 Å².